The molecule has 1 fully saturated rings. The van der Waals surface area contributed by atoms with E-state index in [1.165, 1.54) is 16.9 Å². The summed E-state index contributed by atoms with van der Waals surface area (Å²) in [4.78, 5) is 3.55. The molecular weight excluding hydrogens is 266 g/mol. The van der Waals surface area contributed by atoms with E-state index >= 15 is 0 Å². The second-order valence-corrected chi connectivity index (χ2v) is 7.63. The maximum absolute atomic E-state index is 10.6. The largest absolute Gasteiger partial charge is 0.389 e. The average Bonchev–Trinajstić information content (AvgIpc) is 2.41. The fourth-order valence-corrected chi connectivity index (χ4v) is 4.33. The Hall–Kier alpha value is -0.510. The molecular formula is C17H27NOS. The number of aliphatic hydroxyl groups is 1. The van der Waals surface area contributed by atoms with Crippen LogP contribution in [-0.2, 0) is 0 Å². The van der Waals surface area contributed by atoms with Gasteiger partial charge in [0, 0.05) is 16.2 Å². The molecule has 1 aromatic rings. The van der Waals surface area contributed by atoms with Crippen LogP contribution in [0.25, 0.3) is 0 Å². The lowest BCUT2D eigenvalue weighted by Crippen LogP contribution is -2.39. The summed E-state index contributed by atoms with van der Waals surface area (Å²) in [5.74, 6) is 0. The molecule has 1 aliphatic rings. The molecule has 0 aromatic heterocycles. The number of thioether (sulfide) groups is 1. The summed E-state index contributed by atoms with van der Waals surface area (Å²) in [6, 6.07) is 9.02. The minimum atomic E-state index is -0.530. The monoisotopic (exact) mass is 293 g/mol. The van der Waals surface area contributed by atoms with E-state index in [9.17, 15) is 5.11 Å². The molecule has 1 saturated carbocycles. The van der Waals surface area contributed by atoms with E-state index in [1.54, 1.807) is 0 Å². The molecule has 0 spiro atoms. The van der Waals surface area contributed by atoms with Gasteiger partial charge in [0.15, 0.2) is 0 Å². The molecule has 20 heavy (non-hydrogen) atoms. The van der Waals surface area contributed by atoms with Crippen LogP contribution in [0.15, 0.2) is 29.2 Å². The predicted octanol–water partition coefficient (Wildman–Crippen LogP) is 4.09. The van der Waals surface area contributed by atoms with Gasteiger partial charge in [-0.3, -0.25) is 0 Å². The SMILES string of the molecule is C[C@@H](c1ccccc1S[C@H]1CCCC[C@]1(C)O)N(C)C. The van der Waals surface area contributed by atoms with Crippen LogP contribution in [0.1, 0.15) is 51.1 Å². The van der Waals surface area contributed by atoms with Crippen LogP contribution in [0.2, 0.25) is 0 Å². The first-order valence-corrected chi connectivity index (χ1v) is 8.44. The zero-order chi connectivity index (χ0) is 14.8. The van der Waals surface area contributed by atoms with Gasteiger partial charge in [-0.2, -0.15) is 0 Å². The maximum atomic E-state index is 10.6. The molecule has 1 aliphatic carbocycles. The van der Waals surface area contributed by atoms with E-state index in [1.807, 2.05) is 18.7 Å². The molecule has 0 bridgehead atoms. The molecule has 0 amide bonds. The molecule has 2 nitrogen and oxygen atoms in total. The van der Waals surface area contributed by atoms with Crippen molar-refractivity contribution in [3.05, 3.63) is 29.8 Å². The van der Waals surface area contributed by atoms with Gasteiger partial charge in [-0.05, 0) is 52.4 Å². The molecule has 0 unspecified atom stereocenters. The average molecular weight is 293 g/mol. The first-order valence-electron chi connectivity index (χ1n) is 7.56. The van der Waals surface area contributed by atoms with Crippen molar-refractivity contribution in [1.29, 1.82) is 0 Å². The molecule has 0 saturated heterocycles. The fraction of sp³-hybridized carbons (Fsp3) is 0.647. The smallest absolute Gasteiger partial charge is 0.0741 e. The van der Waals surface area contributed by atoms with Crippen molar-refractivity contribution in [3.63, 3.8) is 0 Å². The Labute approximate surface area is 127 Å². The van der Waals surface area contributed by atoms with Crippen molar-refractivity contribution in [2.45, 2.75) is 61.3 Å². The van der Waals surface area contributed by atoms with Crippen molar-refractivity contribution in [2.24, 2.45) is 0 Å². The summed E-state index contributed by atoms with van der Waals surface area (Å²) >= 11 is 1.87. The summed E-state index contributed by atoms with van der Waals surface area (Å²) in [6.45, 7) is 4.24. The standard InChI is InChI=1S/C17H27NOS/c1-13(18(3)4)14-9-5-6-10-15(14)20-16-11-7-8-12-17(16,2)19/h5-6,9-10,13,16,19H,7-8,11-12H2,1-4H3/t13-,16-,17-/m0/s1. The van der Waals surface area contributed by atoms with Crippen LogP contribution >= 0.6 is 11.8 Å². The van der Waals surface area contributed by atoms with Gasteiger partial charge in [-0.25, -0.2) is 0 Å². The lowest BCUT2D eigenvalue weighted by molar-refractivity contribution is 0.0291. The number of nitrogens with zero attached hydrogens (tertiary/aromatic N) is 1. The first kappa shape index (κ1) is 15.9. The summed E-state index contributed by atoms with van der Waals surface area (Å²) in [6.07, 6.45) is 4.43. The molecule has 3 atom stereocenters. The maximum Gasteiger partial charge on any atom is 0.0741 e. The lowest BCUT2D eigenvalue weighted by atomic mass is 9.86. The van der Waals surface area contributed by atoms with E-state index in [-0.39, 0.29) is 0 Å². The summed E-state index contributed by atoms with van der Waals surface area (Å²) in [5.41, 5.74) is 0.834. The van der Waals surface area contributed by atoms with Crippen LogP contribution in [0.5, 0.6) is 0 Å². The Morgan fingerprint density at radius 1 is 1.30 bits per heavy atom. The van der Waals surface area contributed by atoms with Crippen molar-refractivity contribution in [2.75, 3.05) is 14.1 Å². The molecule has 0 aliphatic heterocycles. The van der Waals surface area contributed by atoms with Gasteiger partial charge in [0.2, 0.25) is 0 Å². The van der Waals surface area contributed by atoms with E-state index in [2.05, 4.69) is 50.2 Å². The first-order chi connectivity index (χ1) is 9.42. The lowest BCUT2D eigenvalue weighted by Gasteiger charge is -2.37. The normalized spacial score (nSPS) is 28.6. The minimum Gasteiger partial charge on any atom is -0.389 e. The highest BCUT2D eigenvalue weighted by molar-refractivity contribution is 8.00. The second-order valence-electron chi connectivity index (χ2n) is 6.39. The van der Waals surface area contributed by atoms with Gasteiger partial charge in [-0.1, -0.05) is 31.0 Å². The predicted molar refractivity (Wildman–Crippen MR) is 87.3 cm³/mol. The van der Waals surface area contributed by atoms with Crippen LogP contribution in [0.3, 0.4) is 0 Å². The molecule has 1 aromatic carbocycles. The Morgan fingerprint density at radius 2 is 2.00 bits per heavy atom. The van der Waals surface area contributed by atoms with E-state index in [0.717, 1.165) is 19.3 Å². The summed E-state index contributed by atoms with van der Waals surface area (Å²) in [5, 5.41) is 10.9. The number of rotatable bonds is 4. The highest BCUT2D eigenvalue weighted by atomic mass is 32.2. The third kappa shape index (κ3) is 3.57. The van der Waals surface area contributed by atoms with E-state index < -0.39 is 5.60 Å². The van der Waals surface area contributed by atoms with Gasteiger partial charge in [0.25, 0.3) is 0 Å². The molecule has 1 N–H and O–H groups in total. The minimum absolute atomic E-state index is 0.312. The Balaban J connectivity index is 2.21. The molecule has 112 valence electrons. The van der Waals surface area contributed by atoms with Crippen LogP contribution in [-0.4, -0.2) is 35.0 Å². The van der Waals surface area contributed by atoms with Crippen molar-refractivity contribution in [3.8, 4) is 0 Å². The third-order valence-electron chi connectivity index (χ3n) is 4.51. The topological polar surface area (TPSA) is 23.5 Å². The number of benzene rings is 1. The highest BCUT2D eigenvalue weighted by Crippen LogP contribution is 2.42. The summed E-state index contributed by atoms with van der Waals surface area (Å²) in [7, 11) is 4.23. The number of hydrogen-bond acceptors (Lipinski definition) is 3. The molecule has 0 heterocycles. The Bertz CT molecular complexity index is 444. The van der Waals surface area contributed by atoms with Crippen LogP contribution < -0.4 is 0 Å². The van der Waals surface area contributed by atoms with Crippen molar-refractivity contribution in [1.82, 2.24) is 4.90 Å². The van der Waals surface area contributed by atoms with Gasteiger partial charge in [0.05, 0.1) is 5.60 Å². The molecule has 0 radical (unpaired) electrons. The van der Waals surface area contributed by atoms with Gasteiger partial charge in [-0.15, -0.1) is 11.8 Å². The van der Waals surface area contributed by atoms with Crippen molar-refractivity contribution < 1.29 is 5.11 Å². The third-order valence-corrected chi connectivity index (χ3v) is 6.16. The van der Waals surface area contributed by atoms with Crippen LogP contribution in [0.4, 0.5) is 0 Å². The second kappa shape index (κ2) is 6.50. The molecule has 2 rings (SSSR count). The molecule has 3 heteroatoms. The number of hydrogen-bond donors (Lipinski definition) is 1. The highest BCUT2D eigenvalue weighted by Gasteiger charge is 2.35. The van der Waals surface area contributed by atoms with E-state index in [4.69, 9.17) is 0 Å². The van der Waals surface area contributed by atoms with Gasteiger partial charge < -0.3 is 10.0 Å². The quantitative estimate of drug-likeness (QED) is 0.904. The zero-order valence-corrected chi connectivity index (χ0v) is 13.9. The van der Waals surface area contributed by atoms with Crippen molar-refractivity contribution >= 4 is 11.8 Å². The van der Waals surface area contributed by atoms with Gasteiger partial charge >= 0.3 is 0 Å². The Morgan fingerprint density at radius 3 is 2.65 bits per heavy atom. The van der Waals surface area contributed by atoms with Crippen LogP contribution in [0, 0.1) is 0 Å². The van der Waals surface area contributed by atoms with Gasteiger partial charge in [0.1, 0.15) is 0 Å². The zero-order valence-electron chi connectivity index (χ0n) is 13.1. The fourth-order valence-electron chi connectivity index (χ4n) is 2.83. The van der Waals surface area contributed by atoms with E-state index in [0.29, 0.717) is 11.3 Å². The summed E-state index contributed by atoms with van der Waals surface area (Å²) < 4.78 is 0. The Kier molecular flexibility index (Phi) is 5.16.